The molecule has 1 aliphatic carbocycles. The van der Waals surface area contributed by atoms with Gasteiger partial charge >= 0.3 is 0 Å². The van der Waals surface area contributed by atoms with Crippen molar-refractivity contribution in [2.24, 2.45) is 0 Å². The summed E-state index contributed by atoms with van der Waals surface area (Å²) in [5, 5.41) is 17.5. The molecule has 1 aromatic carbocycles. The summed E-state index contributed by atoms with van der Waals surface area (Å²) < 4.78 is 11.0. The van der Waals surface area contributed by atoms with Gasteiger partial charge in [0, 0.05) is 5.92 Å². The van der Waals surface area contributed by atoms with Crippen LogP contribution in [-0.2, 0) is 11.3 Å². The van der Waals surface area contributed by atoms with Gasteiger partial charge in [-0.1, -0.05) is 24.3 Å². The van der Waals surface area contributed by atoms with Gasteiger partial charge in [-0.3, -0.25) is 0 Å². The van der Waals surface area contributed by atoms with Crippen molar-refractivity contribution in [1.29, 1.82) is 10.5 Å². The van der Waals surface area contributed by atoms with Gasteiger partial charge in [-0.05, 0) is 23.6 Å². The van der Waals surface area contributed by atoms with Crippen molar-refractivity contribution >= 4 is 16.1 Å². The van der Waals surface area contributed by atoms with Gasteiger partial charge in [0.1, 0.15) is 17.7 Å². The largest absolute Gasteiger partial charge is 0.212 e. The van der Waals surface area contributed by atoms with Crippen molar-refractivity contribution in [2.75, 3.05) is 0 Å². The van der Waals surface area contributed by atoms with Gasteiger partial charge in [0.2, 0.25) is 0 Å². The molecule has 4 heteroatoms. The average molecular weight is 240 g/mol. The first-order valence-corrected chi connectivity index (χ1v) is 5.81. The Hall–Kier alpha value is -2.17. The molecule has 0 N–H and O–H groups in total. The van der Waals surface area contributed by atoms with E-state index in [2.05, 4.69) is 0 Å². The first-order chi connectivity index (χ1) is 8.30. The van der Waals surface area contributed by atoms with E-state index < -0.39 is 0 Å². The van der Waals surface area contributed by atoms with Crippen LogP contribution in [0.25, 0.3) is 0 Å². The van der Waals surface area contributed by atoms with Crippen molar-refractivity contribution in [3.8, 4) is 12.1 Å². The lowest BCUT2D eigenvalue weighted by Crippen LogP contribution is -1.93. The molecule has 0 bridgehead atoms. The van der Waals surface area contributed by atoms with Crippen LogP contribution < -0.4 is 0 Å². The predicted molar refractivity (Wildman–Crippen MR) is 65.4 cm³/mol. The molecular formula is C13H8N2OS. The first-order valence-electron chi connectivity index (χ1n) is 5.07. The van der Waals surface area contributed by atoms with Crippen LogP contribution in [-0.4, -0.2) is 9.07 Å². The van der Waals surface area contributed by atoms with Crippen molar-refractivity contribution in [2.45, 2.75) is 12.3 Å². The average Bonchev–Trinajstić information content (AvgIpc) is 2.74. The molecule has 0 heterocycles. The zero-order valence-electron chi connectivity index (χ0n) is 8.88. The zero-order chi connectivity index (χ0) is 12.3. The topological polar surface area (TPSA) is 64.7 Å². The molecule has 0 saturated heterocycles. The molecule has 3 nitrogen and oxygen atoms in total. The molecule has 0 fully saturated rings. The number of rotatable bonds is 1. The monoisotopic (exact) mass is 240 g/mol. The Labute approximate surface area is 103 Å². The maximum Gasteiger partial charge on any atom is 0.126 e. The van der Waals surface area contributed by atoms with E-state index in [0.717, 1.165) is 16.0 Å². The molecular weight excluding hydrogens is 232 g/mol. The molecule has 82 valence electrons. The minimum Gasteiger partial charge on any atom is -0.212 e. The number of allylic oxidation sites excluding steroid dienone is 2. The minimum atomic E-state index is -0.0306. The highest BCUT2D eigenvalue weighted by molar-refractivity contribution is 7.67. The fraction of sp³-hybridized carbons (Fsp3) is 0.154. The summed E-state index contributed by atoms with van der Waals surface area (Å²) in [6, 6.07) is 11.3. The van der Waals surface area contributed by atoms with Crippen LogP contribution in [0.3, 0.4) is 0 Å². The Bertz CT molecular complexity index is 612. The summed E-state index contributed by atoms with van der Waals surface area (Å²) in [6.07, 6.45) is 2.22. The van der Waals surface area contributed by atoms with Gasteiger partial charge in [0.15, 0.2) is 0 Å². The molecule has 1 atom stereocenters. The molecule has 2 rings (SSSR count). The third-order valence-corrected chi connectivity index (χ3v) is 3.36. The molecule has 0 spiro atoms. The number of fused-ring (bicyclic) bond motifs is 1. The smallest absolute Gasteiger partial charge is 0.126 e. The van der Waals surface area contributed by atoms with Crippen LogP contribution in [0.1, 0.15) is 23.5 Å². The van der Waals surface area contributed by atoms with E-state index in [-0.39, 0.29) is 11.5 Å². The van der Waals surface area contributed by atoms with E-state index >= 15 is 0 Å². The Kier molecular flexibility index (Phi) is 3.18. The van der Waals surface area contributed by atoms with Gasteiger partial charge in [0.25, 0.3) is 0 Å². The van der Waals surface area contributed by atoms with Crippen molar-refractivity contribution in [3.05, 3.63) is 47.0 Å². The van der Waals surface area contributed by atoms with E-state index in [0.29, 0.717) is 17.7 Å². The molecule has 0 aliphatic heterocycles. The number of hydrogen-bond acceptors (Lipinski definition) is 3. The molecule has 17 heavy (non-hydrogen) atoms. The maximum absolute atomic E-state index is 11.0. The molecule has 1 aliphatic rings. The van der Waals surface area contributed by atoms with Crippen LogP contribution in [0.4, 0.5) is 0 Å². The van der Waals surface area contributed by atoms with E-state index in [4.69, 9.17) is 10.5 Å². The van der Waals surface area contributed by atoms with Crippen molar-refractivity contribution in [3.63, 3.8) is 0 Å². The third kappa shape index (κ3) is 2.04. The van der Waals surface area contributed by atoms with Gasteiger partial charge in [-0.2, -0.15) is 10.5 Å². The lowest BCUT2D eigenvalue weighted by atomic mass is 9.99. The van der Waals surface area contributed by atoms with Crippen LogP contribution in [0.5, 0.6) is 0 Å². The molecule has 1 unspecified atom stereocenters. The number of benzene rings is 1. The highest BCUT2D eigenvalue weighted by Crippen LogP contribution is 2.34. The Morgan fingerprint density at radius 1 is 1.35 bits per heavy atom. The number of hydrogen-bond donors (Lipinski definition) is 0. The second-order valence-electron chi connectivity index (χ2n) is 3.71. The van der Waals surface area contributed by atoms with Crippen LogP contribution >= 0.6 is 0 Å². The van der Waals surface area contributed by atoms with Crippen LogP contribution in [0.15, 0.2) is 35.9 Å². The molecule has 0 radical (unpaired) electrons. The lowest BCUT2D eigenvalue weighted by molar-refractivity contribution is 0.700. The van der Waals surface area contributed by atoms with Gasteiger partial charge < -0.3 is 0 Å². The van der Waals surface area contributed by atoms with Gasteiger partial charge in [-0.25, -0.2) is 4.21 Å². The Morgan fingerprint density at radius 2 is 2.06 bits per heavy atom. The van der Waals surface area contributed by atoms with Gasteiger partial charge in [0.05, 0.1) is 16.1 Å². The third-order valence-electron chi connectivity index (χ3n) is 2.78. The number of nitrogens with zero attached hydrogens (tertiary/aromatic N) is 2. The minimum absolute atomic E-state index is 0.0306. The highest BCUT2D eigenvalue weighted by Gasteiger charge is 2.25. The molecule has 0 saturated carbocycles. The Balaban J connectivity index is 2.50. The SMILES string of the molecule is N#CC(C#N)=CC1CC(=S=O)c2ccccc21. The molecule has 0 aromatic heterocycles. The standard InChI is InChI=1S/C13H8N2OS/c14-7-9(8-15)5-10-6-13(17-16)12-4-2-1-3-11(10)12/h1-5,10H,6H2. The first kappa shape index (κ1) is 11.3. The lowest BCUT2D eigenvalue weighted by Gasteiger charge is -2.03. The van der Waals surface area contributed by atoms with E-state index in [1.807, 2.05) is 36.4 Å². The van der Waals surface area contributed by atoms with Crippen molar-refractivity contribution in [1.82, 2.24) is 0 Å². The summed E-state index contributed by atoms with van der Waals surface area (Å²) in [6.45, 7) is 0. The predicted octanol–water partition coefficient (Wildman–Crippen LogP) is 1.88. The van der Waals surface area contributed by atoms with Crippen molar-refractivity contribution < 1.29 is 4.21 Å². The highest BCUT2D eigenvalue weighted by atomic mass is 32.1. The summed E-state index contributed by atoms with van der Waals surface area (Å²) in [4.78, 5) is 0.775. The quantitative estimate of drug-likeness (QED) is 0.556. The Morgan fingerprint density at radius 3 is 2.71 bits per heavy atom. The summed E-state index contributed by atoms with van der Waals surface area (Å²) in [5.74, 6) is -0.0306. The van der Waals surface area contributed by atoms with E-state index in [9.17, 15) is 4.21 Å². The normalized spacial score (nSPS) is 16.6. The summed E-state index contributed by atoms with van der Waals surface area (Å²) >= 11 is 0.493. The fourth-order valence-corrected chi connectivity index (χ4v) is 2.55. The zero-order valence-corrected chi connectivity index (χ0v) is 9.70. The number of nitriles is 2. The van der Waals surface area contributed by atoms with E-state index in [1.165, 1.54) is 0 Å². The van der Waals surface area contributed by atoms with Crippen LogP contribution in [0.2, 0.25) is 0 Å². The maximum atomic E-state index is 11.0. The summed E-state index contributed by atoms with van der Waals surface area (Å²) in [5.41, 5.74) is 2.07. The van der Waals surface area contributed by atoms with Crippen LogP contribution in [0, 0.1) is 22.7 Å². The summed E-state index contributed by atoms with van der Waals surface area (Å²) in [7, 11) is 0. The molecule has 1 aromatic rings. The second-order valence-corrected chi connectivity index (χ2v) is 4.37. The fourth-order valence-electron chi connectivity index (χ4n) is 2.02. The molecule has 0 amide bonds. The van der Waals surface area contributed by atoms with E-state index in [1.54, 1.807) is 6.08 Å². The second kappa shape index (κ2) is 4.78. The van der Waals surface area contributed by atoms with Gasteiger partial charge in [-0.15, -0.1) is 0 Å².